The largest absolute Gasteiger partial charge is 0.468 e. The Balaban J connectivity index is 2.74. The minimum absolute atomic E-state index is 0.129. The van der Waals surface area contributed by atoms with Crippen LogP contribution in [0.2, 0.25) is 0 Å². The van der Waals surface area contributed by atoms with Crippen LogP contribution in [0.1, 0.15) is 32.6 Å². The van der Waals surface area contributed by atoms with Crippen molar-refractivity contribution in [3.05, 3.63) is 12.7 Å². The van der Waals surface area contributed by atoms with Crippen molar-refractivity contribution in [2.24, 2.45) is 5.92 Å². The highest BCUT2D eigenvalue weighted by molar-refractivity contribution is 5.81. The number of hydrogen-bond donors (Lipinski definition) is 1. The van der Waals surface area contributed by atoms with Crippen LogP contribution < -0.4 is 5.32 Å². The summed E-state index contributed by atoms with van der Waals surface area (Å²) in [5.41, 5.74) is -0.472. The first kappa shape index (κ1) is 12.2. The molecule has 0 radical (unpaired) electrons. The second-order valence-corrected chi connectivity index (χ2v) is 4.44. The molecule has 1 aliphatic rings. The zero-order valence-corrected chi connectivity index (χ0v) is 9.71. The fourth-order valence-corrected chi connectivity index (χ4v) is 2.43. The molecule has 3 heteroatoms. The lowest BCUT2D eigenvalue weighted by Crippen LogP contribution is -2.55. The van der Waals surface area contributed by atoms with Crippen LogP contribution in [-0.2, 0) is 9.53 Å². The van der Waals surface area contributed by atoms with Gasteiger partial charge in [0.1, 0.15) is 5.54 Å². The van der Waals surface area contributed by atoms with Gasteiger partial charge in [0.05, 0.1) is 7.11 Å². The highest BCUT2D eigenvalue weighted by atomic mass is 16.5. The Morgan fingerprint density at radius 1 is 1.73 bits per heavy atom. The number of esters is 1. The monoisotopic (exact) mass is 211 g/mol. The number of carbonyl (C=O) groups excluding carboxylic acids is 1. The van der Waals surface area contributed by atoms with E-state index in [0.717, 1.165) is 19.3 Å². The van der Waals surface area contributed by atoms with Crippen molar-refractivity contribution < 1.29 is 9.53 Å². The van der Waals surface area contributed by atoms with Gasteiger partial charge in [0.2, 0.25) is 0 Å². The van der Waals surface area contributed by atoms with Gasteiger partial charge in [-0.15, -0.1) is 6.58 Å². The van der Waals surface area contributed by atoms with Crippen LogP contribution in [0.15, 0.2) is 12.7 Å². The first-order valence-corrected chi connectivity index (χ1v) is 5.59. The molecule has 3 nitrogen and oxygen atoms in total. The number of nitrogens with one attached hydrogen (secondary N) is 1. The average Bonchev–Trinajstić information content (AvgIpc) is 2.25. The Labute approximate surface area is 91.9 Å². The highest BCUT2D eigenvalue weighted by Crippen LogP contribution is 2.33. The van der Waals surface area contributed by atoms with Gasteiger partial charge < -0.3 is 4.74 Å². The van der Waals surface area contributed by atoms with Crippen molar-refractivity contribution in [2.45, 2.75) is 38.1 Å². The molecule has 0 bridgehead atoms. The first-order valence-electron chi connectivity index (χ1n) is 5.59. The van der Waals surface area contributed by atoms with Gasteiger partial charge in [0.25, 0.3) is 0 Å². The summed E-state index contributed by atoms with van der Waals surface area (Å²) >= 11 is 0. The van der Waals surface area contributed by atoms with E-state index in [1.807, 2.05) is 0 Å². The van der Waals surface area contributed by atoms with Crippen LogP contribution in [0.5, 0.6) is 0 Å². The molecule has 0 spiro atoms. The summed E-state index contributed by atoms with van der Waals surface area (Å²) in [7, 11) is 1.46. The van der Waals surface area contributed by atoms with Gasteiger partial charge in [0, 0.05) is 6.54 Å². The lowest BCUT2D eigenvalue weighted by molar-refractivity contribution is -0.150. The van der Waals surface area contributed by atoms with Crippen LogP contribution >= 0.6 is 0 Å². The number of ether oxygens (including phenoxy) is 1. The van der Waals surface area contributed by atoms with Crippen LogP contribution in [-0.4, -0.2) is 25.2 Å². The molecule has 2 unspecified atom stereocenters. The summed E-state index contributed by atoms with van der Waals surface area (Å²) in [5.74, 6) is 0.450. The maximum absolute atomic E-state index is 11.8. The fraction of sp³-hybridized carbons (Fsp3) is 0.750. The zero-order chi connectivity index (χ0) is 11.3. The van der Waals surface area contributed by atoms with Crippen molar-refractivity contribution in [2.75, 3.05) is 13.7 Å². The molecule has 0 amide bonds. The summed E-state index contributed by atoms with van der Waals surface area (Å²) in [6.07, 6.45) is 5.81. The zero-order valence-electron chi connectivity index (χ0n) is 9.71. The van der Waals surface area contributed by atoms with E-state index in [1.54, 1.807) is 6.08 Å². The molecule has 0 aromatic carbocycles. The van der Waals surface area contributed by atoms with Gasteiger partial charge in [0.15, 0.2) is 0 Å². The van der Waals surface area contributed by atoms with E-state index in [2.05, 4.69) is 18.8 Å². The van der Waals surface area contributed by atoms with Gasteiger partial charge in [-0.1, -0.05) is 25.8 Å². The molecule has 0 heterocycles. The number of methoxy groups -OCH3 is 1. The molecule has 15 heavy (non-hydrogen) atoms. The molecule has 1 N–H and O–H groups in total. The Kier molecular flexibility index (Phi) is 4.33. The van der Waals surface area contributed by atoms with Crippen LogP contribution in [0, 0.1) is 5.92 Å². The van der Waals surface area contributed by atoms with E-state index in [1.165, 1.54) is 13.5 Å². The maximum Gasteiger partial charge on any atom is 0.326 e. The smallest absolute Gasteiger partial charge is 0.326 e. The second kappa shape index (κ2) is 5.31. The normalized spacial score (nSPS) is 30.9. The van der Waals surface area contributed by atoms with E-state index < -0.39 is 5.54 Å². The number of hydrogen-bond acceptors (Lipinski definition) is 3. The van der Waals surface area contributed by atoms with E-state index in [-0.39, 0.29) is 5.97 Å². The minimum Gasteiger partial charge on any atom is -0.468 e. The van der Waals surface area contributed by atoms with E-state index in [9.17, 15) is 4.79 Å². The summed E-state index contributed by atoms with van der Waals surface area (Å²) in [4.78, 5) is 11.8. The topological polar surface area (TPSA) is 38.3 Å². The summed E-state index contributed by atoms with van der Waals surface area (Å²) in [5, 5.41) is 3.27. The van der Waals surface area contributed by atoms with Crippen molar-refractivity contribution in [1.29, 1.82) is 0 Å². The summed E-state index contributed by atoms with van der Waals surface area (Å²) in [6, 6.07) is 0. The maximum atomic E-state index is 11.8. The van der Waals surface area contributed by atoms with Crippen LogP contribution in [0.25, 0.3) is 0 Å². The average molecular weight is 211 g/mol. The summed E-state index contributed by atoms with van der Waals surface area (Å²) < 4.78 is 4.90. The molecular weight excluding hydrogens is 190 g/mol. The van der Waals surface area contributed by atoms with E-state index in [4.69, 9.17) is 4.74 Å². The fourth-order valence-electron chi connectivity index (χ4n) is 2.43. The highest BCUT2D eigenvalue weighted by Gasteiger charge is 2.41. The van der Waals surface area contributed by atoms with E-state index >= 15 is 0 Å². The molecule has 0 saturated heterocycles. The minimum atomic E-state index is -0.472. The van der Waals surface area contributed by atoms with Crippen molar-refractivity contribution in [1.82, 2.24) is 5.32 Å². The van der Waals surface area contributed by atoms with Gasteiger partial charge in [-0.25, -0.2) is 0 Å². The number of rotatable bonds is 4. The lowest BCUT2D eigenvalue weighted by Gasteiger charge is -2.38. The Morgan fingerprint density at radius 3 is 3.00 bits per heavy atom. The van der Waals surface area contributed by atoms with E-state index in [0.29, 0.717) is 12.5 Å². The standard InChI is InChI=1S/C12H21NO2/c1-4-8-13-12(11(14)15-3)7-5-6-10(2)9-12/h4,10,13H,1,5-9H2,2-3H3. The lowest BCUT2D eigenvalue weighted by atomic mass is 9.76. The van der Waals surface area contributed by atoms with Crippen molar-refractivity contribution in [3.63, 3.8) is 0 Å². The van der Waals surface area contributed by atoms with Crippen molar-refractivity contribution >= 4 is 5.97 Å². The Morgan fingerprint density at radius 2 is 2.47 bits per heavy atom. The molecule has 1 saturated carbocycles. The van der Waals surface area contributed by atoms with Gasteiger partial charge in [-0.05, 0) is 18.8 Å². The quantitative estimate of drug-likeness (QED) is 0.570. The van der Waals surface area contributed by atoms with Gasteiger partial charge >= 0.3 is 5.97 Å². The third-order valence-electron chi connectivity index (χ3n) is 3.16. The molecule has 1 rings (SSSR count). The molecular formula is C12H21NO2. The predicted octanol–water partition coefficient (Wildman–Crippen LogP) is 1.88. The molecule has 1 aliphatic carbocycles. The molecule has 0 aromatic rings. The molecule has 0 aliphatic heterocycles. The summed E-state index contributed by atoms with van der Waals surface area (Å²) in [6.45, 7) is 6.51. The third-order valence-corrected chi connectivity index (χ3v) is 3.16. The third kappa shape index (κ3) is 2.81. The first-order chi connectivity index (χ1) is 7.14. The SMILES string of the molecule is C=CCNC1(C(=O)OC)CCCC(C)C1. The molecule has 0 aromatic heterocycles. The van der Waals surface area contributed by atoms with Crippen LogP contribution in [0.4, 0.5) is 0 Å². The Hall–Kier alpha value is -0.830. The second-order valence-electron chi connectivity index (χ2n) is 4.44. The van der Waals surface area contributed by atoms with Crippen molar-refractivity contribution in [3.8, 4) is 0 Å². The van der Waals surface area contributed by atoms with Crippen LogP contribution in [0.3, 0.4) is 0 Å². The van der Waals surface area contributed by atoms with Gasteiger partial charge in [-0.3, -0.25) is 10.1 Å². The molecule has 86 valence electrons. The number of carbonyl (C=O) groups is 1. The molecule has 1 fully saturated rings. The Bertz CT molecular complexity index is 240. The molecule has 2 atom stereocenters. The van der Waals surface area contributed by atoms with Gasteiger partial charge in [-0.2, -0.15) is 0 Å². The predicted molar refractivity (Wildman–Crippen MR) is 60.6 cm³/mol.